The number of ether oxygens (including phenoxy) is 3. The quantitative estimate of drug-likeness (QED) is 0.113. The molecule has 13 heteroatoms. The molecule has 0 spiro atoms. The van der Waals surface area contributed by atoms with E-state index in [1.807, 2.05) is 30.3 Å². The fourth-order valence-electron chi connectivity index (χ4n) is 3.95. The van der Waals surface area contributed by atoms with Crippen molar-refractivity contribution < 1.29 is 54.1 Å². The minimum Gasteiger partial charge on any atom is -0.462 e. The third kappa shape index (κ3) is 9.49. The van der Waals surface area contributed by atoms with Crippen molar-refractivity contribution in [1.82, 2.24) is 10.6 Å². The lowest BCUT2D eigenvalue weighted by molar-refractivity contribution is -0.297. The summed E-state index contributed by atoms with van der Waals surface area (Å²) in [7, 11) is 0. The van der Waals surface area contributed by atoms with Gasteiger partial charge in [-0.25, -0.2) is 9.59 Å². The van der Waals surface area contributed by atoms with Crippen molar-refractivity contribution in [3.05, 3.63) is 35.9 Å². The van der Waals surface area contributed by atoms with E-state index in [1.54, 1.807) is 0 Å². The Hall–Kier alpha value is -2.81. The van der Waals surface area contributed by atoms with E-state index >= 15 is 0 Å². The highest BCUT2D eigenvalue weighted by molar-refractivity contribution is 5.78. The number of nitrogens with one attached hydrogen (secondary N) is 2. The van der Waals surface area contributed by atoms with Gasteiger partial charge in [0.15, 0.2) is 0 Å². The Balaban J connectivity index is 1.79. The van der Waals surface area contributed by atoms with Gasteiger partial charge in [0.25, 0.3) is 5.79 Å². The molecule has 1 aromatic rings. The van der Waals surface area contributed by atoms with Crippen LogP contribution in [0.1, 0.15) is 44.6 Å². The van der Waals surface area contributed by atoms with Crippen LogP contribution in [0.15, 0.2) is 30.3 Å². The van der Waals surface area contributed by atoms with Crippen LogP contribution in [0.3, 0.4) is 0 Å². The second-order valence-corrected chi connectivity index (χ2v) is 8.99. The highest BCUT2D eigenvalue weighted by atomic mass is 16.7. The molecule has 0 bridgehead atoms. The van der Waals surface area contributed by atoms with Gasteiger partial charge in [0, 0.05) is 19.4 Å². The van der Waals surface area contributed by atoms with Crippen LogP contribution < -0.4 is 10.6 Å². The lowest BCUT2D eigenvalue weighted by Gasteiger charge is -2.45. The maximum Gasteiger partial charge on any atom is 0.407 e. The number of rotatable bonds is 14. The molecular weight excluding hydrogens is 504 g/mol. The number of amides is 2. The smallest absolute Gasteiger partial charge is 0.407 e. The van der Waals surface area contributed by atoms with Gasteiger partial charge in [-0.05, 0) is 25.3 Å². The first-order valence-electron chi connectivity index (χ1n) is 12.6. The van der Waals surface area contributed by atoms with Crippen molar-refractivity contribution in [2.45, 2.75) is 81.9 Å². The SMILES string of the molecule is CCOC(=O)[C@@]1(O)C[C@H](O)[C@@H](NC(=O)CCCCCNC(=O)OCc2ccccc2)[C@H]([C@H](O)[C@H](O)CO)O1. The molecule has 1 saturated heterocycles. The van der Waals surface area contributed by atoms with E-state index in [0.717, 1.165) is 5.56 Å². The third-order valence-electron chi connectivity index (χ3n) is 5.99. The van der Waals surface area contributed by atoms with Gasteiger partial charge in [0.05, 0.1) is 25.4 Å². The van der Waals surface area contributed by atoms with Crippen molar-refractivity contribution in [2.24, 2.45) is 0 Å². The molecule has 1 fully saturated rings. The Morgan fingerprint density at radius 2 is 1.84 bits per heavy atom. The largest absolute Gasteiger partial charge is 0.462 e. The Bertz CT molecular complexity index is 887. The summed E-state index contributed by atoms with van der Waals surface area (Å²) in [6.07, 6.45) is -6.31. The molecule has 0 saturated carbocycles. The van der Waals surface area contributed by atoms with E-state index in [4.69, 9.17) is 14.2 Å². The first-order valence-corrected chi connectivity index (χ1v) is 12.6. The number of hydrogen-bond acceptors (Lipinski definition) is 11. The molecule has 1 heterocycles. The maximum atomic E-state index is 12.5. The van der Waals surface area contributed by atoms with Gasteiger partial charge < -0.3 is 50.4 Å². The molecule has 2 rings (SSSR count). The van der Waals surface area contributed by atoms with Crippen molar-refractivity contribution in [3.8, 4) is 0 Å². The van der Waals surface area contributed by atoms with Crippen LogP contribution >= 0.6 is 0 Å². The standard InChI is InChI=1S/C25H38N2O11/c1-2-36-23(33)25(35)13-17(29)20(22(38-25)21(32)18(30)14-28)27-19(31)11-7-4-8-12-26-24(34)37-15-16-9-5-3-6-10-16/h3,5-6,9-10,17-18,20-22,28-30,32,35H,2,4,7-8,11-15H2,1H3,(H,26,34)(H,27,31)/t17-,18+,20+,21+,22+,25+/m0/s1. The van der Waals surface area contributed by atoms with Crippen LogP contribution in [0, 0.1) is 0 Å². The number of hydrogen-bond donors (Lipinski definition) is 7. The van der Waals surface area contributed by atoms with Crippen LogP contribution in [0.2, 0.25) is 0 Å². The van der Waals surface area contributed by atoms with Gasteiger partial charge in [0.1, 0.15) is 24.9 Å². The molecule has 0 radical (unpaired) electrons. The molecule has 2 amide bonds. The fraction of sp³-hybridized carbons (Fsp3) is 0.640. The van der Waals surface area contributed by atoms with E-state index < -0.39 is 67.2 Å². The molecule has 1 aliphatic heterocycles. The van der Waals surface area contributed by atoms with Crippen LogP contribution in [0.5, 0.6) is 0 Å². The zero-order chi connectivity index (χ0) is 28.1. The van der Waals surface area contributed by atoms with Crippen molar-refractivity contribution in [1.29, 1.82) is 0 Å². The molecule has 7 N–H and O–H groups in total. The fourth-order valence-corrected chi connectivity index (χ4v) is 3.95. The molecule has 214 valence electrons. The minimum absolute atomic E-state index is 0.0369. The maximum absolute atomic E-state index is 12.5. The van der Waals surface area contributed by atoms with E-state index in [9.17, 15) is 39.9 Å². The highest BCUT2D eigenvalue weighted by Gasteiger charge is 2.54. The van der Waals surface area contributed by atoms with Crippen molar-refractivity contribution in [3.63, 3.8) is 0 Å². The number of alkyl carbamates (subject to hydrolysis) is 1. The molecule has 13 nitrogen and oxygen atoms in total. The molecule has 6 atom stereocenters. The molecule has 1 aromatic carbocycles. The molecule has 1 aliphatic rings. The second kappa shape index (κ2) is 15.6. The normalized spacial score (nSPS) is 24.6. The van der Waals surface area contributed by atoms with Crippen molar-refractivity contribution >= 4 is 18.0 Å². The first kappa shape index (κ1) is 31.4. The van der Waals surface area contributed by atoms with Crippen LogP contribution in [0.4, 0.5) is 4.79 Å². The second-order valence-electron chi connectivity index (χ2n) is 8.99. The number of carbonyl (C=O) groups is 3. The topological polar surface area (TPSA) is 204 Å². The monoisotopic (exact) mass is 542 g/mol. The predicted molar refractivity (Wildman–Crippen MR) is 131 cm³/mol. The number of benzene rings is 1. The molecular formula is C25H38N2O11. The number of aliphatic hydroxyl groups is 5. The van der Waals surface area contributed by atoms with Crippen LogP contribution in [-0.4, -0.2) is 99.5 Å². The van der Waals surface area contributed by atoms with E-state index in [-0.39, 0.29) is 19.6 Å². The zero-order valence-electron chi connectivity index (χ0n) is 21.3. The molecule has 38 heavy (non-hydrogen) atoms. The average molecular weight is 543 g/mol. The van der Waals surface area contributed by atoms with Crippen LogP contribution in [-0.2, 0) is 30.4 Å². The summed E-state index contributed by atoms with van der Waals surface area (Å²) >= 11 is 0. The van der Waals surface area contributed by atoms with Gasteiger partial charge in [-0.2, -0.15) is 0 Å². The summed E-state index contributed by atoms with van der Waals surface area (Å²) in [5.74, 6) is -4.32. The Morgan fingerprint density at radius 3 is 2.50 bits per heavy atom. The third-order valence-corrected chi connectivity index (χ3v) is 5.99. The summed E-state index contributed by atoms with van der Waals surface area (Å²) in [5.41, 5.74) is 0.869. The summed E-state index contributed by atoms with van der Waals surface area (Å²) in [5, 5.41) is 55.7. The molecule has 0 aliphatic carbocycles. The van der Waals surface area contributed by atoms with Gasteiger partial charge in [0.2, 0.25) is 5.91 Å². The Kier molecular flexibility index (Phi) is 12.9. The van der Waals surface area contributed by atoms with E-state index in [2.05, 4.69) is 10.6 Å². The Labute approximate surface area is 220 Å². The zero-order valence-corrected chi connectivity index (χ0v) is 21.3. The Morgan fingerprint density at radius 1 is 1.13 bits per heavy atom. The lowest BCUT2D eigenvalue weighted by Crippen LogP contribution is -2.67. The number of carbonyl (C=O) groups excluding carboxylic acids is 3. The number of aliphatic hydroxyl groups excluding tert-OH is 4. The van der Waals surface area contributed by atoms with Gasteiger partial charge in [-0.15, -0.1) is 0 Å². The summed E-state index contributed by atoms with van der Waals surface area (Å²) in [6, 6.07) is 7.94. The van der Waals surface area contributed by atoms with Crippen LogP contribution in [0.25, 0.3) is 0 Å². The van der Waals surface area contributed by atoms with E-state index in [1.165, 1.54) is 6.92 Å². The van der Waals surface area contributed by atoms with Gasteiger partial charge in [-0.1, -0.05) is 36.8 Å². The predicted octanol–water partition coefficient (Wildman–Crippen LogP) is -0.926. The average Bonchev–Trinajstić information content (AvgIpc) is 2.90. The van der Waals surface area contributed by atoms with Crippen molar-refractivity contribution in [2.75, 3.05) is 19.8 Å². The summed E-state index contributed by atoms with van der Waals surface area (Å²) in [4.78, 5) is 36.4. The molecule has 0 unspecified atom stereocenters. The number of unbranched alkanes of at least 4 members (excludes halogenated alkanes) is 2. The van der Waals surface area contributed by atoms with E-state index in [0.29, 0.717) is 25.8 Å². The lowest BCUT2D eigenvalue weighted by atomic mass is 9.88. The first-order chi connectivity index (χ1) is 18.1. The minimum atomic E-state index is -2.62. The van der Waals surface area contributed by atoms with Gasteiger partial charge >= 0.3 is 12.1 Å². The summed E-state index contributed by atoms with van der Waals surface area (Å²) in [6.45, 7) is 1.05. The summed E-state index contributed by atoms with van der Waals surface area (Å²) < 4.78 is 15.2. The highest BCUT2D eigenvalue weighted by Crippen LogP contribution is 2.31. The number of esters is 1. The van der Waals surface area contributed by atoms with Gasteiger partial charge in [-0.3, -0.25) is 4.79 Å². The molecule has 0 aromatic heterocycles.